The van der Waals surface area contributed by atoms with Gasteiger partial charge in [-0.15, -0.1) is 0 Å². The Kier molecular flexibility index (Phi) is 3.52. The van der Waals surface area contributed by atoms with Gasteiger partial charge in [-0.2, -0.15) is 0 Å². The standard InChI is InChI=1S/C8H15NO2/c1-11-6-8(10)7-3-2-4-9-5-7/h7,9H,2-6H2,1H3/t7-/m0/s1. The lowest BCUT2D eigenvalue weighted by molar-refractivity contribution is -0.127. The number of rotatable bonds is 3. The van der Waals surface area contributed by atoms with Crippen LogP contribution in [0.25, 0.3) is 0 Å². The van der Waals surface area contributed by atoms with Gasteiger partial charge in [-0.1, -0.05) is 0 Å². The van der Waals surface area contributed by atoms with E-state index in [2.05, 4.69) is 5.32 Å². The molecule has 64 valence electrons. The Hall–Kier alpha value is -0.410. The number of nitrogens with one attached hydrogen (secondary N) is 1. The van der Waals surface area contributed by atoms with Crippen molar-refractivity contribution in [3.8, 4) is 0 Å². The van der Waals surface area contributed by atoms with Crippen LogP contribution < -0.4 is 5.32 Å². The molecule has 1 heterocycles. The molecule has 0 unspecified atom stereocenters. The summed E-state index contributed by atoms with van der Waals surface area (Å²) in [4.78, 5) is 11.2. The maximum absolute atomic E-state index is 11.2. The van der Waals surface area contributed by atoms with E-state index in [-0.39, 0.29) is 18.3 Å². The van der Waals surface area contributed by atoms with Crippen molar-refractivity contribution in [2.24, 2.45) is 5.92 Å². The van der Waals surface area contributed by atoms with E-state index in [0.717, 1.165) is 25.9 Å². The largest absolute Gasteiger partial charge is 0.377 e. The van der Waals surface area contributed by atoms with Crippen molar-refractivity contribution in [1.29, 1.82) is 0 Å². The van der Waals surface area contributed by atoms with Crippen molar-refractivity contribution in [2.75, 3.05) is 26.8 Å². The summed E-state index contributed by atoms with van der Waals surface area (Å²) in [6.07, 6.45) is 2.13. The zero-order valence-electron chi connectivity index (χ0n) is 6.93. The average molecular weight is 157 g/mol. The molecule has 1 rings (SSSR count). The Bertz CT molecular complexity index is 130. The molecule has 1 aliphatic heterocycles. The molecule has 1 saturated heterocycles. The van der Waals surface area contributed by atoms with Gasteiger partial charge >= 0.3 is 0 Å². The SMILES string of the molecule is COCC(=O)[C@H]1CCCNC1. The van der Waals surface area contributed by atoms with Crippen LogP contribution in [0.1, 0.15) is 12.8 Å². The molecule has 0 aromatic rings. The monoisotopic (exact) mass is 157 g/mol. The van der Waals surface area contributed by atoms with Gasteiger partial charge in [0.25, 0.3) is 0 Å². The Balaban J connectivity index is 2.27. The lowest BCUT2D eigenvalue weighted by Gasteiger charge is -2.20. The normalized spacial score (nSPS) is 25.0. The highest BCUT2D eigenvalue weighted by atomic mass is 16.5. The average Bonchev–Trinajstić information content (AvgIpc) is 2.07. The van der Waals surface area contributed by atoms with Crippen LogP contribution >= 0.6 is 0 Å². The molecule has 1 atom stereocenters. The summed E-state index contributed by atoms with van der Waals surface area (Å²) < 4.78 is 4.78. The first-order valence-corrected chi connectivity index (χ1v) is 4.07. The van der Waals surface area contributed by atoms with Gasteiger partial charge in [-0.05, 0) is 19.4 Å². The molecular formula is C8H15NO2. The van der Waals surface area contributed by atoms with Crippen LogP contribution in [0, 0.1) is 5.92 Å². The van der Waals surface area contributed by atoms with Crippen LogP contribution in [0.15, 0.2) is 0 Å². The summed E-state index contributed by atoms with van der Waals surface area (Å²) in [7, 11) is 1.56. The first kappa shape index (κ1) is 8.68. The van der Waals surface area contributed by atoms with Crippen molar-refractivity contribution < 1.29 is 9.53 Å². The minimum atomic E-state index is 0.198. The molecule has 3 heteroatoms. The van der Waals surface area contributed by atoms with Gasteiger partial charge in [-0.25, -0.2) is 0 Å². The van der Waals surface area contributed by atoms with Crippen LogP contribution in [-0.4, -0.2) is 32.6 Å². The maximum Gasteiger partial charge on any atom is 0.162 e. The van der Waals surface area contributed by atoms with E-state index in [9.17, 15) is 4.79 Å². The quantitative estimate of drug-likeness (QED) is 0.636. The molecule has 0 bridgehead atoms. The Labute approximate surface area is 67.1 Å². The zero-order chi connectivity index (χ0) is 8.10. The number of hydrogen-bond donors (Lipinski definition) is 1. The van der Waals surface area contributed by atoms with Crippen molar-refractivity contribution >= 4 is 5.78 Å². The van der Waals surface area contributed by atoms with Crippen LogP contribution in [-0.2, 0) is 9.53 Å². The van der Waals surface area contributed by atoms with Gasteiger partial charge in [0.1, 0.15) is 6.61 Å². The van der Waals surface area contributed by atoms with Crippen molar-refractivity contribution in [3.05, 3.63) is 0 Å². The predicted molar refractivity (Wildman–Crippen MR) is 42.5 cm³/mol. The van der Waals surface area contributed by atoms with Gasteiger partial charge in [0.15, 0.2) is 5.78 Å². The molecule has 0 aliphatic carbocycles. The topological polar surface area (TPSA) is 38.3 Å². The summed E-state index contributed by atoms with van der Waals surface area (Å²) in [6.45, 7) is 2.16. The first-order valence-electron chi connectivity index (χ1n) is 4.07. The highest BCUT2D eigenvalue weighted by Gasteiger charge is 2.19. The van der Waals surface area contributed by atoms with E-state index in [1.54, 1.807) is 7.11 Å². The minimum absolute atomic E-state index is 0.198. The molecule has 1 aliphatic rings. The lowest BCUT2D eigenvalue weighted by Crippen LogP contribution is -2.35. The zero-order valence-corrected chi connectivity index (χ0v) is 6.93. The van der Waals surface area contributed by atoms with Crippen molar-refractivity contribution in [3.63, 3.8) is 0 Å². The molecule has 0 saturated carbocycles. The molecule has 0 aromatic carbocycles. The first-order chi connectivity index (χ1) is 5.34. The number of carbonyl (C=O) groups excluding carboxylic acids is 1. The number of hydrogen-bond acceptors (Lipinski definition) is 3. The summed E-state index contributed by atoms with van der Waals surface area (Å²) in [5.41, 5.74) is 0. The second-order valence-corrected chi connectivity index (χ2v) is 2.94. The summed E-state index contributed by atoms with van der Waals surface area (Å²) in [5.74, 6) is 0.434. The summed E-state index contributed by atoms with van der Waals surface area (Å²) in [6, 6.07) is 0. The molecule has 0 radical (unpaired) electrons. The van der Waals surface area contributed by atoms with Gasteiger partial charge in [0.05, 0.1) is 0 Å². The molecule has 0 spiro atoms. The summed E-state index contributed by atoms with van der Waals surface area (Å²) >= 11 is 0. The van der Waals surface area contributed by atoms with Crippen LogP contribution in [0.5, 0.6) is 0 Å². The number of Topliss-reactive ketones (excluding diaryl/α,β-unsaturated/α-hetero) is 1. The van der Waals surface area contributed by atoms with Crippen LogP contribution in [0.2, 0.25) is 0 Å². The second kappa shape index (κ2) is 4.46. The molecule has 0 amide bonds. The van der Waals surface area contributed by atoms with E-state index in [1.807, 2.05) is 0 Å². The maximum atomic E-state index is 11.2. The minimum Gasteiger partial charge on any atom is -0.377 e. The van der Waals surface area contributed by atoms with Crippen molar-refractivity contribution in [2.45, 2.75) is 12.8 Å². The van der Waals surface area contributed by atoms with Gasteiger partial charge in [-0.3, -0.25) is 4.79 Å². The number of ketones is 1. The molecule has 3 nitrogen and oxygen atoms in total. The Morgan fingerprint density at radius 3 is 3.09 bits per heavy atom. The fraction of sp³-hybridized carbons (Fsp3) is 0.875. The Morgan fingerprint density at radius 1 is 1.73 bits per heavy atom. The third-order valence-corrected chi connectivity index (χ3v) is 2.04. The number of carbonyl (C=O) groups is 1. The van der Waals surface area contributed by atoms with Crippen LogP contribution in [0.3, 0.4) is 0 Å². The molecule has 11 heavy (non-hydrogen) atoms. The highest BCUT2D eigenvalue weighted by Crippen LogP contribution is 2.10. The van der Waals surface area contributed by atoms with Crippen LogP contribution in [0.4, 0.5) is 0 Å². The van der Waals surface area contributed by atoms with Gasteiger partial charge in [0, 0.05) is 19.6 Å². The lowest BCUT2D eigenvalue weighted by atomic mass is 9.96. The second-order valence-electron chi connectivity index (χ2n) is 2.94. The number of methoxy groups -OCH3 is 1. The third kappa shape index (κ3) is 2.60. The Morgan fingerprint density at radius 2 is 2.55 bits per heavy atom. The smallest absolute Gasteiger partial charge is 0.162 e. The van der Waals surface area contributed by atoms with E-state index in [1.165, 1.54) is 0 Å². The summed E-state index contributed by atoms with van der Waals surface area (Å²) in [5, 5.41) is 3.20. The van der Waals surface area contributed by atoms with E-state index < -0.39 is 0 Å². The van der Waals surface area contributed by atoms with Gasteiger partial charge in [0.2, 0.25) is 0 Å². The fourth-order valence-corrected chi connectivity index (χ4v) is 1.39. The van der Waals surface area contributed by atoms with Gasteiger partial charge < -0.3 is 10.1 Å². The van der Waals surface area contributed by atoms with E-state index in [0.29, 0.717) is 0 Å². The van der Waals surface area contributed by atoms with E-state index in [4.69, 9.17) is 4.74 Å². The number of piperidine rings is 1. The van der Waals surface area contributed by atoms with Crippen molar-refractivity contribution in [1.82, 2.24) is 5.32 Å². The molecule has 0 aromatic heterocycles. The molecule has 1 fully saturated rings. The predicted octanol–water partition coefficient (Wildman–Crippen LogP) is 0.202. The molecule has 1 N–H and O–H groups in total. The fourth-order valence-electron chi connectivity index (χ4n) is 1.39. The highest BCUT2D eigenvalue weighted by molar-refractivity contribution is 5.82. The third-order valence-electron chi connectivity index (χ3n) is 2.04. The number of ether oxygens (including phenoxy) is 1. The van der Waals surface area contributed by atoms with E-state index >= 15 is 0 Å². The molecular weight excluding hydrogens is 142 g/mol.